The molecule has 9 nitrogen and oxygen atoms in total. The molecule has 1 aromatic carbocycles. The van der Waals surface area contributed by atoms with Gasteiger partial charge in [0.2, 0.25) is 0 Å². The average Bonchev–Trinajstić information content (AvgIpc) is 2.64. The third kappa shape index (κ3) is 4.46. The largest absolute Gasteiger partial charge is 0.345 e. The van der Waals surface area contributed by atoms with E-state index in [1.165, 1.54) is 36.4 Å². The van der Waals surface area contributed by atoms with Crippen molar-refractivity contribution in [2.24, 2.45) is 0 Å². The topological polar surface area (TPSA) is 155 Å². The molecule has 128 valence electrons. The number of hydrogen-bond acceptors (Lipinski definition) is 8. The van der Waals surface area contributed by atoms with Gasteiger partial charge in [0.15, 0.2) is 16.5 Å². The number of sulfonamides is 1. The van der Waals surface area contributed by atoms with Crippen molar-refractivity contribution in [2.45, 2.75) is 4.90 Å². The van der Waals surface area contributed by atoms with Gasteiger partial charge in [-0.15, -0.1) is 10.2 Å². The summed E-state index contributed by atoms with van der Waals surface area (Å²) < 4.78 is 26.8. The highest BCUT2D eigenvalue weighted by Crippen LogP contribution is 2.19. The van der Waals surface area contributed by atoms with Crippen molar-refractivity contribution >= 4 is 33.1 Å². The van der Waals surface area contributed by atoms with Crippen LogP contribution < -0.4 is 10.0 Å². The van der Waals surface area contributed by atoms with Gasteiger partial charge in [-0.1, -0.05) is 11.6 Å². The van der Waals surface area contributed by atoms with Crippen LogP contribution in [0.3, 0.4) is 0 Å². The number of anilines is 2. The van der Waals surface area contributed by atoms with Gasteiger partial charge in [0.25, 0.3) is 10.0 Å². The number of allylic oxidation sites excluding steroid dienone is 2. The third-order valence-electron chi connectivity index (χ3n) is 2.89. The van der Waals surface area contributed by atoms with Crippen LogP contribution in [0.4, 0.5) is 11.5 Å². The van der Waals surface area contributed by atoms with Gasteiger partial charge in [0, 0.05) is 5.69 Å². The Labute approximate surface area is 153 Å². The predicted molar refractivity (Wildman–Crippen MR) is 91.8 cm³/mol. The van der Waals surface area contributed by atoms with Crippen molar-refractivity contribution in [3.63, 3.8) is 0 Å². The second-order valence-corrected chi connectivity index (χ2v) is 6.65. The van der Waals surface area contributed by atoms with Gasteiger partial charge in [-0.25, -0.2) is 8.42 Å². The molecular weight excluding hydrogens is 378 g/mol. The summed E-state index contributed by atoms with van der Waals surface area (Å²) in [6.07, 6.45) is 0. The van der Waals surface area contributed by atoms with E-state index in [0.717, 1.165) is 0 Å². The number of benzene rings is 1. The average molecular weight is 386 g/mol. The van der Waals surface area contributed by atoms with Gasteiger partial charge in [0.05, 0.1) is 4.90 Å². The number of nitrogens with one attached hydrogen (secondary N) is 2. The van der Waals surface area contributed by atoms with E-state index in [2.05, 4.69) is 20.2 Å². The van der Waals surface area contributed by atoms with Crippen LogP contribution in [0.15, 0.2) is 52.6 Å². The lowest BCUT2D eigenvalue weighted by Crippen LogP contribution is -2.14. The zero-order chi connectivity index (χ0) is 19.2. The molecule has 1 heterocycles. The molecular formula is C15H8ClN7O2S. The van der Waals surface area contributed by atoms with E-state index in [9.17, 15) is 8.42 Å². The van der Waals surface area contributed by atoms with Crippen molar-refractivity contribution in [2.75, 3.05) is 10.0 Å². The molecule has 0 saturated heterocycles. The summed E-state index contributed by atoms with van der Waals surface area (Å²) in [6, 6.07) is 13.0. The molecule has 0 aliphatic carbocycles. The quantitative estimate of drug-likeness (QED) is 0.741. The Morgan fingerprint density at radius 3 is 2.12 bits per heavy atom. The van der Waals surface area contributed by atoms with E-state index in [4.69, 9.17) is 27.4 Å². The fourth-order valence-corrected chi connectivity index (χ4v) is 2.81. The Hall–Kier alpha value is -3.65. The summed E-state index contributed by atoms with van der Waals surface area (Å²) in [4.78, 5) is -0.0666. The summed E-state index contributed by atoms with van der Waals surface area (Å²) in [5, 5.41) is 36.4. The first-order valence-corrected chi connectivity index (χ1v) is 8.59. The lowest BCUT2D eigenvalue weighted by molar-refractivity contribution is 0.601. The SMILES string of the molecule is N#CC(C#N)=C(C#N)Nc1ccc(S(=O)(=O)Nc2ccc(Cl)nn2)cc1. The van der Waals surface area contributed by atoms with Gasteiger partial charge < -0.3 is 5.32 Å². The molecule has 0 fully saturated rings. The highest BCUT2D eigenvalue weighted by Gasteiger charge is 2.15. The molecule has 2 aromatic rings. The first kappa shape index (κ1) is 18.7. The van der Waals surface area contributed by atoms with Crippen LogP contribution in [0.1, 0.15) is 0 Å². The molecule has 0 spiro atoms. The Morgan fingerprint density at radius 2 is 1.62 bits per heavy atom. The summed E-state index contributed by atoms with van der Waals surface area (Å²) in [5.74, 6) is -0.000941. The molecule has 0 saturated carbocycles. The molecule has 11 heteroatoms. The van der Waals surface area contributed by atoms with E-state index in [0.29, 0.717) is 5.69 Å². The van der Waals surface area contributed by atoms with Gasteiger partial charge in [-0.3, -0.25) is 4.72 Å². The van der Waals surface area contributed by atoms with Crippen molar-refractivity contribution < 1.29 is 8.42 Å². The summed E-state index contributed by atoms with van der Waals surface area (Å²) >= 11 is 5.59. The zero-order valence-corrected chi connectivity index (χ0v) is 14.4. The van der Waals surface area contributed by atoms with E-state index < -0.39 is 10.0 Å². The molecule has 26 heavy (non-hydrogen) atoms. The maximum atomic E-state index is 12.3. The Morgan fingerprint density at radius 1 is 0.962 bits per heavy atom. The van der Waals surface area contributed by atoms with Crippen LogP contribution in [0, 0.1) is 34.0 Å². The van der Waals surface area contributed by atoms with Crippen molar-refractivity contribution in [3.8, 4) is 18.2 Å². The first-order chi connectivity index (χ1) is 12.4. The van der Waals surface area contributed by atoms with E-state index in [-0.39, 0.29) is 27.1 Å². The Bertz CT molecular complexity index is 1060. The third-order valence-corrected chi connectivity index (χ3v) is 4.46. The highest BCUT2D eigenvalue weighted by molar-refractivity contribution is 7.92. The minimum atomic E-state index is -3.91. The smallest absolute Gasteiger partial charge is 0.263 e. The van der Waals surface area contributed by atoms with E-state index >= 15 is 0 Å². The van der Waals surface area contributed by atoms with Crippen molar-refractivity contribution in [3.05, 3.63) is 52.8 Å². The first-order valence-electron chi connectivity index (χ1n) is 6.73. The number of aromatic nitrogens is 2. The van der Waals surface area contributed by atoms with Crippen LogP contribution in [0.2, 0.25) is 5.15 Å². The summed E-state index contributed by atoms with van der Waals surface area (Å²) in [6.45, 7) is 0. The summed E-state index contributed by atoms with van der Waals surface area (Å²) in [5.41, 5.74) is -0.290. The summed E-state index contributed by atoms with van der Waals surface area (Å²) in [7, 11) is -3.91. The van der Waals surface area contributed by atoms with Crippen molar-refractivity contribution in [1.29, 1.82) is 15.8 Å². The molecule has 0 amide bonds. The molecule has 0 aliphatic heterocycles. The van der Waals surface area contributed by atoms with Crippen LogP contribution in [-0.2, 0) is 10.0 Å². The standard InChI is InChI=1S/C15H8ClN7O2S/c16-14-5-6-15(22-21-14)23-26(24,25)12-3-1-11(2-4-12)20-13(9-19)10(7-17)8-18/h1-6,20H,(H,22,23). The second-order valence-electron chi connectivity index (χ2n) is 4.58. The Balaban J connectivity index is 2.22. The van der Waals surface area contributed by atoms with Gasteiger partial charge in [0.1, 0.15) is 23.9 Å². The number of nitriles is 3. The molecule has 0 unspecified atom stereocenters. The number of rotatable bonds is 5. The molecule has 2 rings (SSSR count). The van der Waals surface area contributed by atoms with Crippen molar-refractivity contribution in [1.82, 2.24) is 10.2 Å². The number of nitrogens with zero attached hydrogens (tertiary/aromatic N) is 5. The fraction of sp³-hybridized carbons (Fsp3) is 0. The maximum absolute atomic E-state index is 12.3. The van der Waals surface area contributed by atoms with Gasteiger partial charge in [-0.2, -0.15) is 15.8 Å². The second kappa shape index (κ2) is 7.95. The van der Waals surface area contributed by atoms with Crippen LogP contribution in [0.25, 0.3) is 0 Å². The maximum Gasteiger partial charge on any atom is 0.263 e. The number of halogens is 1. The fourth-order valence-electron chi connectivity index (χ4n) is 1.71. The van der Waals surface area contributed by atoms with Gasteiger partial charge in [-0.05, 0) is 36.4 Å². The molecule has 0 bridgehead atoms. The van der Waals surface area contributed by atoms with E-state index in [1.807, 2.05) is 0 Å². The van der Waals surface area contributed by atoms with Crippen LogP contribution in [0.5, 0.6) is 0 Å². The monoisotopic (exact) mass is 385 g/mol. The molecule has 0 atom stereocenters. The Kier molecular flexibility index (Phi) is 5.71. The molecule has 2 N–H and O–H groups in total. The lowest BCUT2D eigenvalue weighted by Gasteiger charge is -2.08. The zero-order valence-electron chi connectivity index (χ0n) is 12.8. The van der Waals surface area contributed by atoms with Gasteiger partial charge >= 0.3 is 0 Å². The molecule has 0 aliphatic rings. The minimum absolute atomic E-state index is 0.000941. The van der Waals surface area contributed by atoms with E-state index in [1.54, 1.807) is 18.2 Å². The normalized spacial score (nSPS) is 9.92. The highest BCUT2D eigenvalue weighted by atomic mass is 35.5. The molecule has 0 radical (unpaired) electrons. The minimum Gasteiger partial charge on any atom is -0.345 e. The van der Waals surface area contributed by atoms with Crippen LogP contribution >= 0.6 is 11.6 Å². The predicted octanol–water partition coefficient (Wildman–Crippen LogP) is 2.17. The molecule has 1 aromatic heterocycles. The van der Waals surface area contributed by atoms with Crippen LogP contribution in [-0.4, -0.2) is 18.6 Å². The number of hydrogen-bond donors (Lipinski definition) is 2. The lowest BCUT2D eigenvalue weighted by atomic mass is 10.2.